The van der Waals surface area contributed by atoms with E-state index in [4.69, 9.17) is 0 Å². The Bertz CT molecular complexity index is 934. The summed E-state index contributed by atoms with van der Waals surface area (Å²) >= 11 is 1.72. The minimum atomic E-state index is 0.0532. The van der Waals surface area contributed by atoms with Gasteiger partial charge < -0.3 is 4.90 Å². The molecule has 0 radical (unpaired) electrons. The van der Waals surface area contributed by atoms with Crippen molar-refractivity contribution in [2.45, 2.75) is 19.5 Å². The standard InChI is InChI=1S/C25H29N3OS/c1-20-8-5-6-11-22(20)19-27-13-15-28(16-14-27)24(29)18-26-25(23-12-7-17-30-23)21-9-3-2-4-10-21/h2-12,17,25-26H,13-16,18-19H2,1H3/t25-/m1/s1. The van der Waals surface area contributed by atoms with Crippen molar-refractivity contribution in [3.8, 4) is 0 Å². The van der Waals surface area contributed by atoms with Crippen molar-refractivity contribution >= 4 is 17.2 Å². The van der Waals surface area contributed by atoms with Crippen molar-refractivity contribution < 1.29 is 4.79 Å². The van der Waals surface area contributed by atoms with E-state index in [1.807, 2.05) is 23.1 Å². The van der Waals surface area contributed by atoms with Gasteiger partial charge in [0.25, 0.3) is 0 Å². The minimum absolute atomic E-state index is 0.0532. The molecule has 1 fully saturated rings. The molecule has 0 bridgehead atoms. The minimum Gasteiger partial charge on any atom is -0.339 e. The molecule has 30 heavy (non-hydrogen) atoms. The highest BCUT2D eigenvalue weighted by Gasteiger charge is 2.23. The normalized spacial score (nSPS) is 15.8. The van der Waals surface area contributed by atoms with Crippen LogP contribution in [0.4, 0.5) is 0 Å². The van der Waals surface area contributed by atoms with Gasteiger partial charge in [-0.1, -0.05) is 60.7 Å². The predicted octanol–water partition coefficient (Wildman–Crippen LogP) is 4.08. The molecule has 0 saturated carbocycles. The average Bonchev–Trinajstić information content (AvgIpc) is 3.31. The van der Waals surface area contributed by atoms with Gasteiger partial charge in [-0.2, -0.15) is 0 Å². The lowest BCUT2D eigenvalue weighted by Gasteiger charge is -2.35. The number of carbonyl (C=O) groups excluding carboxylic acids is 1. The van der Waals surface area contributed by atoms with Gasteiger partial charge in [-0.3, -0.25) is 15.0 Å². The summed E-state index contributed by atoms with van der Waals surface area (Å²) in [6.07, 6.45) is 0. The summed E-state index contributed by atoms with van der Waals surface area (Å²) in [5.74, 6) is 0.183. The number of benzene rings is 2. The van der Waals surface area contributed by atoms with E-state index in [1.54, 1.807) is 11.3 Å². The van der Waals surface area contributed by atoms with Crippen molar-refractivity contribution in [2.75, 3.05) is 32.7 Å². The lowest BCUT2D eigenvalue weighted by Crippen LogP contribution is -2.50. The summed E-state index contributed by atoms with van der Waals surface area (Å²) in [5, 5.41) is 5.59. The largest absolute Gasteiger partial charge is 0.339 e. The second-order valence-corrected chi connectivity index (χ2v) is 8.80. The third kappa shape index (κ3) is 5.17. The van der Waals surface area contributed by atoms with Crippen molar-refractivity contribution in [2.24, 2.45) is 0 Å². The zero-order valence-electron chi connectivity index (χ0n) is 17.5. The van der Waals surface area contributed by atoms with Crippen LogP contribution in [-0.2, 0) is 11.3 Å². The molecule has 1 aliphatic heterocycles. The molecular formula is C25H29N3OS. The van der Waals surface area contributed by atoms with E-state index < -0.39 is 0 Å². The Morgan fingerprint density at radius 3 is 2.40 bits per heavy atom. The van der Waals surface area contributed by atoms with Gasteiger partial charge in [0.15, 0.2) is 0 Å². The van der Waals surface area contributed by atoms with Gasteiger partial charge in [-0.05, 0) is 35.1 Å². The van der Waals surface area contributed by atoms with E-state index in [1.165, 1.54) is 21.6 Å². The molecule has 0 spiro atoms. The Labute approximate surface area is 183 Å². The highest BCUT2D eigenvalue weighted by molar-refractivity contribution is 7.10. The molecule has 0 aliphatic carbocycles. The Balaban J connectivity index is 1.30. The van der Waals surface area contributed by atoms with E-state index in [-0.39, 0.29) is 11.9 Å². The van der Waals surface area contributed by atoms with Crippen LogP contribution in [0.2, 0.25) is 0 Å². The van der Waals surface area contributed by atoms with Gasteiger partial charge in [0.05, 0.1) is 12.6 Å². The molecule has 156 valence electrons. The molecule has 2 heterocycles. The molecule has 1 saturated heterocycles. The first-order valence-electron chi connectivity index (χ1n) is 10.6. The third-order valence-corrected chi connectivity index (χ3v) is 6.74. The number of carbonyl (C=O) groups is 1. The topological polar surface area (TPSA) is 35.6 Å². The van der Waals surface area contributed by atoms with E-state index in [0.717, 1.165) is 32.7 Å². The van der Waals surface area contributed by atoms with E-state index >= 15 is 0 Å². The molecule has 5 heteroatoms. The van der Waals surface area contributed by atoms with Crippen molar-refractivity contribution in [3.63, 3.8) is 0 Å². The van der Waals surface area contributed by atoms with E-state index in [2.05, 4.69) is 71.1 Å². The monoisotopic (exact) mass is 419 g/mol. The van der Waals surface area contributed by atoms with E-state index in [0.29, 0.717) is 6.54 Å². The van der Waals surface area contributed by atoms with Gasteiger partial charge in [0.2, 0.25) is 5.91 Å². The second kappa shape index (κ2) is 10.0. The molecule has 1 atom stereocenters. The average molecular weight is 420 g/mol. The van der Waals surface area contributed by atoms with Crippen molar-refractivity contribution in [1.29, 1.82) is 0 Å². The Hall–Kier alpha value is -2.47. The highest BCUT2D eigenvalue weighted by Crippen LogP contribution is 2.25. The van der Waals surface area contributed by atoms with Crippen LogP contribution in [0.25, 0.3) is 0 Å². The zero-order valence-corrected chi connectivity index (χ0v) is 18.3. The van der Waals surface area contributed by atoms with Crippen molar-refractivity contribution in [1.82, 2.24) is 15.1 Å². The van der Waals surface area contributed by atoms with Crippen LogP contribution in [0.3, 0.4) is 0 Å². The molecule has 1 aromatic heterocycles. The number of piperazine rings is 1. The van der Waals surface area contributed by atoms with E-state index in [9.17, 15) is 4.79 Å². The van der Waals surface area contributed by atoms with Crippen LogP contribution in [0.1, 0.15) is 27.6 Å². The summed E-state index contributed by atoms with van der Waals surface area (Å²) in [4.78, 5) is 18.5. The molecular weight excluding hydrogens is 390 g/mol. The predicted molar refractivity (Wildman–Crippen MR) is 124 cm³/mol. The fraction of sp³-hybridized carbons (Fsp3) is 0.320. The summed E-state index contributed by atoms with van der Waals surface area (Å²) in [6, 6.07) is 23.2. The first-order valence-corrected chi connectivity index (χ1v) is 11.4. The Kier molecular flexibility index (Phi) is 6.95. The van der Waals surface area contributed by atoms with Crippen LogP contribution in [0.5, 0.6) is 0 Å². The molecule has 1 N–H and O–H groups in total. The van der Waals surface area contributed by atoms with Crippen LogP contribution in [-0.4, -0.2) is 48.4 Å². The van der Waals surface area contributed by atoms with Crippen LogP contribution in [0.15, 0.2) is 72.1 Å². The lowest BCUT2D eigenvalue weighted by atomic mass is 10.1. The smallest absolute Gasteiger partial charge is 0.236 e. The van der Waals surface area contributed by atoms with Gasteiger partial charge in [-0.15, -0.1) is 11.3 Å². The Morgan fingerprint density at radius 1 is 0.967 bits per heavy atom. The number of amides is 1. The number of rotatable bonds is 7. The molecule has 1 amide bonds. The first kappa shape index (κ1) is 20.8. The van der Waals surface area contributed by atoms with Gasteiger partial charge in [0, 0.05) is 37.6 Å². The fourth-order valence-electron chi connectivity index (χ4n) is 3.97. The van der Waals surface area contributed by atoms with Gasteiger partial charge in [-0.25, -0.2) is 0 Å². The SMILES string of the molecule is Cc1ccccc1CN1CCN(C(=O)CN[C@H](c2ccccc2)c2cccs2)CC1. The molecule has 3 aromatic rings. The van der Waals surface area contributed by atoms with Crippen LogP contribution in [0, 0.1) is 6.92 Å². The quantitative estimate of drug-likeness (QED) is 0.627. The Morgan fingerprint density at radius 2 is 1.70 bits per heavy atom. The molecule has 2 aromatic carbocycles. The number of hydrogen-bond acceptors (Lipinski definition) is 4. The number of nitrogens with zero attached hydrogens (tertiary/aromatic N) is 2. The van der Waals surface area contributed by atoms with Crippen molar-refractivity contribution in [3.05, 3.63) is 93.7 Å². The summed E-state index contributed by atoms with van der Waals surface area (Å²) in [5.41, 5.74) is 3.90. The lowest BCUT2D eigenvalue weighted by molar-refractivity contribution is -0.132. The van der Waals surface area contributed by atoms with Crippen LogP contribution < -0.4 is 5.32 Å². The maximum atomic E-state index is 12.9. The number of aryl methyl sites for hydroxylation is 1. The molecule has 1 aliphatic rings. The number of nitrogens with one attached hydrogen (secondary N) is 1. The summed E-state index contributed by atoms with van der Waals surface area (Å²) < 4.78 is 0. The van der Waals surface area contributed by atoms with Gasteiger partial charge in [0.1, 0.15) is 0 Å². The first-order chi connectivity index (χ1) is 14.7. The third-order valence-electron chi connectivity index (χ3n) is 5.80. The summed E-state index contributed by atoms with van der Waals surface area (Å²) in [6.45, 7) is 6.91. The van der Waals surface area contributed by atoms with Gasteiger partial charge >= 0.3 is 0 Å². The molecule has 0 unspecified atom stereocenters. The fourth-order valence-corrected chi connectivity index (χ4v) is 4.80. The second-order valence-electron chi connectivity index (χ2n) is 7.82. The maximum Gasteiger partial charge on any atom is 0.236 e. The maximum absolute atomic E-state index is 12.9. The number of thiophene rings is 1. The summed E-state index contributed by atoms with van der Waals surface area (Å²) in [7, 11) is 0. The molecule has 4 nitrogen and oxygen atoms in total. The highest BCUT2D eigenvalue weighted by atomic mass is 32.1. The molecule has 4 rings (SSSR count). The zero-order chi connectivity index (χ0) is 20.8. The van der Waals surface area contributed by atoms with Crippen LogP contribution >= 0.6 is 11.3 Å². The number of hydrogen-bond donors (Lipinski definition) is 1.